The van der Waals surface area contributed by atoms with Gasteiger partial charge < -0.3 is 0 Å². The maximum absolute atomic E-state index is 11.3. The predicted octanol–water partition coefficient (Wildman–Crippen LogP) is 2.86. The Kier molecular flexibility index (Phi) is 3.68. The van der Waals surface area contributed by atoms with Crippen molar-refractivity contribution in [1.29, 1.82) is 0 Å². The standard InChI is InChI=1S/C14H25NO/c1-10-8-11(2)12(3)15(9-10)13-4-6-14(16)7-5-13/h10-13H,4-9H2,1-3H3. The normalized spacial score (nSPS) is 38.9. The molecule has 2 heteroatoms. The van der Waals surface area contributed by atoms with Gasteiger partial charge in [-0.05, 0) is 38.0 Å². The van der Waals surface area contributed by atoms with Crippen molar-refractivity contribution < 1.29 is 4.79 Å². The van der Waals surface area contributed by atoms with Gasteiger partial charge in [0, 0.05) is 31.5 Å². The van der Waals surface area contributed by atoms with Crippen molar-refractivity contribution in [1.82, 2.24) is 4.90 Å². The Morgan fingerprint density at radius 3 is 2.38 bits per heavy atom. The Morgan fingerprint density at radius 1 is 1.12 bits per heavy atom. The number of nitrogens with zero attached hydrogens (tertiary/aromatic N) is 1. The third kappa shape index (κ3) is 2.48. The molecule has 2 aliphatic rings. The summed E-state index contributed by atoms with van der Waals surface area (Å²) in [6.07, 6.45) is 5.20. The van der Waals surface area contributed by atoms with Crippen LogP contribution in [0.1, 0.15) is 52.9 Å². The quantitative estimate of drug-likeness (QED) is 0.681. The molecule has 2 fully saturated rings. The van der Waals surface area contributed by atoms with E-state index in [0.717, 1.165) is 37.5 Å². The third-order valence-electron chi connectivity index (χ3n) is 4.63. The molecule has 0 bridgehead atoms. The Morgan fingerprint density at radius 2 is 1.75 bits per heavy atom. The second kappa shape index (κ2) is 4.87. The lowest BCUT2D eigenvalue weighted by molar-refractivity contribution is -0.121. The van der Waals surface area contributed by atoms with E-state index < -0.39 is 0 Å². The molecular weight excluding hydrogens is 198 g/mol. The molecule has 0 aromatic rings. The molecule has 2 rings (SSSR count). The first-order valence-corrected chi connectivity index (χ1v) is 6.85. The molecule has 3 unspecified atom stereocenters. The van der Waals surface area contributed by atoms with E-state index in [1.165, 1.54) is 13.0 Å². The fourth-order valence-electron chi connectivity index (χ4n) is 3.50. The lowest BCUT2D eigenvalue weighted by Crippen LogP contribution is -2.51. The fourth-order valence-corrected chi connectivity index (χ4v) is 3.50. The van der Waals surface area contributed by atoms with Gasteiger partial charge >= 0.3 is 0 Å². The fraction of sp³-hybridized carbons (Fsp3) is 0.929. The maximum atomic E-state index is 11.3. The van der Waals surface area contributed by atoms with E-state index in [1.54, 1.807) is 0 Å². The highest BCUT2D eigenvalue weighted by Gasteiger charge is 2.34. The second-order valence-corrected chi connectivity index (χ2v) is 6.03. The Balaban J connectivity index is 1.99. The molecule has 1 saturated heterocycles. The molecule has 0 radical (unpaired) electrons. The van der Waals surface area contributed by atoms with E-state index in [-0.39, 0.29) is 0 Å². The van der Waals surface area contributed by atoms with Crippen molar-refractivity contribution in [2.45, 2.75) is 65.0 Å². The lowest BCUT2D eigenvalue weighted by atomic mass is 9.82. The van der Waals surface area contributed by atoms with Crippen molar-refractivity contribution in [3.63, 3.8) is 0 Å². The molecule has 16 heavy (non-hydrogen) atoms. The largest absolute Gasteiger partial charge is 0.300 e. The van der Waals surface area contributed by atoms with Gasteiger partial charge in [0.1, 0.15) is 5.78 Å². The van der Waals surface area contributed by atoms with E-state index in [1.807, 2.05) is 0 Å². The van der Waals surface area contributed by atoms with Gasteiger partial charge in [0.25, 0.3) is 0 Å². The molecule has 1 aliphatic heterocycles. The van der Waals surface area contributed by atoms with E-state index in [9.17, 15) is 4.79 Å². The van der Waals surface area contributed by atoms with Crippen LogP contribution < -0.4 is 0 Å². The van der Waals surface area contributed by atoms with Crippen LogP contribution in [0, 0.1) is 11.8 Å². The van der Waals surface area contributed by atoms with Crippen LogP contribution >= 0.6 is 0 Å². The maximum Gasteiger partial charge on any atom is 0.133 e. The summed E-state index contributed by atoms with van der Waals surface area (Å²) in [4.78, 5) is 14.0. The highest BCUT2D eigenvalue weighted by atomic mass is 16.1. The van der Waals surface area contributed by atoms with Crippen LogP contribution in [0.3, 0.4) is 0 Å². The van der Waals surface area contributed by atoms with Gasteiger partial charge in [-0.2, -0.15) is 0 Å². The van der Waals surface area contributed by atoms with Gasteiger partial charge in [0.2, 0.25) is 0 Å². The molecule has 1 aliphatic carbocycles. The monoisotopic (exact) mass is 223 g/mol. The van der Waals surface area contributed by atoms with Crippen LogP contribution in [-0.4, -0.2) is 29.3 Å². The van der Waals surface area contributed by atoms with Crippen LogP contribution in [0.25, 0.3) is 0 Å². The van der Waals surface area contributed by atoms with E-state index in [4.69, 9.17) is 0 Å². The Hall–Kier alpha value is -0.370. The molecule has 2 nitrogen and oxygen atoms in total. The molecule has 92 valence electrons. The molecule has 0 aromatic heterocycles. The zero-order valence-electron chi connectivity index (χ0n) is 10.9. The van der Waals surface area contributed by atoms with Gasteiger partial charge in [0.05, 0.1) is 0 Å². The number of piperidine rings is 1. The minimum absolute atomic E-state index is 0.474. The van der Waals surface area contributed by atoms with Gasteiger partial charge in [-0.25, -0.2) is 0 Å². The molecular formula is C14H25NO. The molecule has 0 N–H and O–H groups in total. The summed E-state index contributed by atoms with van der Waals surface area (Å²) < 4.78 is 0. The van der Waals surface area contributed by atoms with Crippen LogP contribution in [0.4, 0.5) is 0 Å². The summed E-state index contributed by atoms with van der Waals surface area (Å²) in [6, 6.07) is 1.38. The minimum atomic E-state index is 0.474. The topological polar surface area (TPSA) is 20.3 Å². The van der Waals surface area contributed by atoms with E-state index in [2.05, 4.69) is 25.7 Å². The van der Waals surface area contributed by atoms with Gasteiger partial charge in [-0.3, -0.25) is 9.69 Å². The summed E-state index contributed by atoms with van der Waals surface area (Å²) in [6.45, 7) is 8.35. The second-order valence-electron chi connectivity index (χ2n) is 6.03. The molecule has 0 amide bonds. The van der Waals surface area contributed by atoms with Crippen molar-refractivity contribution >= 4 is 5.78 Å². The van der Waals surface area contributed by atoms with Crippen LogP contribution in [0.15, 0.2) is 0 Å². The third-order valence-corrected chi connectivity index (χ3v) is 4.63. The first kappa shape index (κ1) is 12.1. The zero-order chi connectivity index (χ0) is 11.7. The van der Waals surface area contributed by atoms with Gasteiger partial charge in [-0.15, -0.1) is 0 Å². The number of likely N-dealkylation sites (tertiary alicyclic amines) is 1. The van der Waals surface area contributed by atoms with Gasteiger partial charge in [0.15, 0.2) is 0 Å². The number of rotatable bonds is 1. The van der Waals surface area contributed by atoms with Gasteiger partial charge in [-0.1, -0.05) is 13.8 Å². The smallest absolute Gasteiger partial charge is 0.133 e. The van der Waals surface area contributed by atoms with Crippen molar-refractivity contribution in [2.24, 2.45) is 11.8 Å². The summed E-state index contributed by atoms with van der Waals surface area (Å²) in [5.41, 5.74) is 0. The average molecular weight is 223 g/mol. The number of Topliss-reactive ketones (excluding diaryl/α,β-unsaturated/α-hetero) is 1. The number of carbonyl (C=O) groups excluding carboxylic acids is 1. The van der Waals surface area contributed by atoms with E-state index in [0.29, 0.717) is 17.9 Å². The van der Waals surface area contributed by atoms with Crippen molar-refractivity contribution in [2.75, 3.05) is 6.54 Å². The number of hydrogen-bond donors (Lipinski definition) is 0. The Bertz CT molecular complexity index is 253. The lowest BCUT2D eigenvalue weighted by Gasteiger charge is -2.46. The first-order valence-electron chi connectivity index (χ1n) is 6.85. The summed E-state index contributed by atoms with van der Waals surface area (Å²) >= 11 is 0. The molecule has 1 saturated carbocycles. The summed E-state index contributed by atoms with van der Waals surface area (Å²) in [7, 11) is 0. The summed E-state index contributed by atoms with van der Waals surface area (Å²) in [5.74, 6) is 2.10. The number of ketones is 1. The van der Waals surface area contributed by atoms with E-state index >= 15 is 0 Å². The SMILES string of the molecule is CC1CC(C)C(C)N(C2CCC(=O)CC2)C1. The molecule has 0 spiro atoms. The first-order chi connectivity index (χ1) is 7.58. The van der Waals surface area contributed by atoms with Crippen LogP contribution in [0.5, 0.6) is 0 Å². The molecule has 0 aromatic carbocycles. The number of hydrogen-bond acceptors (Lipinski definition) is 2. The highest BCUT2D eigenvalue weighted by molar-refractivity contribution is 5.79. The summed E-state index contributed by atoms with van der Waals surface area (Å²) in [5, 5.41) is 0. The average Bonchev–Trinajstić information content (AvgIpc) is 2.25. The minimum Gasteiger partial charge on any atom is -0.300 e. The van der Waals surface area contributed by atoms with Crippen molar-refractivity contribution in [3.05, 3.63) is 0 Å². The zero-order valence-corrected chi connectivity index (χ0v) is 10.9. The Labute approximate surface area is 99.4 Å². The highest BCUT2D eigenvalue weighted by Crippen LogP contribution is 2.32. The van der Waals surface area contributed by atoms with Crippen LogP contribution in [0.2, 0.25) is 0 Å². The molecule has 1 heterocycles. The molecule has 3 atom stereocenters. The van der Waals surface area contributed by atoms with Crippen molar-refractivity contribution in [3.8, 4) is 0 Å². The predicted molar refractivity (Wildman–Crippen MR) is 66.4 cm³/mol. The van der Waals surface area contributed by atoms with Crippen LogP contribution in [-0.2, 0) is 4.79 Å². The number of carbonyl (C=O) groups is 1.